The number of rotatable bonds is 55. The van der Waals surface area contributed by atoms with Gasteiger partial charge in [-0.3, -0.25) is 18.6 Å². The summed E-state index contributed by atoms with van der Waals surface area (Å²) in [6.07, 6.45) is 68.9. The fourth-order valence-electron chi connectivity index (χ4n) is 8.58. The van der Waals surface area contributed by atoms with Crippen LogP contribution in [0.25, 0.3) is 0 Å². The van der Waals surface area contributed by atoms with Crippen LogP contribution in [0.5, 0.6) is 0 Å². The lowest BCUT2D eigenvalue weighted by molar-refractivity contribution is -0.870. The standard InChI is InChI=1S/C64H117N2O7P/c1-7-10-13-16-19-22-25-28-30-31-32-33-34-35-37-39-42-45-48-51-54-57-64(68)73-62(55-52-49-46-43-40-27-24-21-18-15-12-9-3)61(60-72-74(69,70)71-59-58-66(4,5)6)65-63(67)56-53-50-47-44-41-38-36-29-26-23-20-17-14-11-8-2/h19-20,22-23,26,28-30,32-33,52,55,61-62H,7-18,21,24-25,27,31,34-51,53-54,56-60H2,1-6H3,(H-,65,67,69,70)/p+1/b22-19-,23-20+,29-26+,30-28-,33-32-,55-52-. The van der Waals surface area contributed by atoms with Crippen LogP contribution < -0.4 is 5.32 Å². The first-order chi connectivity index (χ1) is 35.9. The molecule has 0 bridgehead atoms. The highest BCUT2D eigenvalue weighted by atomic mass is 31.2. The van der Waals surface area contributed by atoms with Crippen molar-refractivity contribution in [3.05, 3.63) is 72.9 Å². The number of quaternary nitrogens is 1. The maximum Gasteiger partial charge on any atom is 0.472 e. The molecule has 10 heteroatoms. The molecule has 3 unspecified atom stereocenters. The molecule has 0 aromatic carbocycles. The minimum Gasteiger partial charge on any atom is -0.456 e. The molecule has 0 fully saturated rings. The average molecular weight is 1060 g/mol. The number of nitrogens with one attached hydrogen (secondary N) is 1. The van der Waals surface area contributed by atoms with Gasteiger partial charge in [-0.2, -0.15) is 0 Å². The molecular weight excluding hydrogens is 940 g/mol. The van der Waals surface area contributed by atoms with Crippen molar-refractivity contribution in [2.24, 2.45) is 0 Å². The molecule has 0 radical (unpaired) electrons. The fourth-order valence-corrected chi connectivity index (χ4v) is 9.32. The van der Waals surface area contributed by atoms with Gasteiger partial charge in [0, 0.05) is 12.8 Å². The Labute approximate surface area is 457 Å². The first-order valence-electron chi connectivity index (χ1n) is 30.8. The molecule has 430 valence electrons. The van der Waals surface area contributed by atoms with Crippen LogP contribution in [0.15, 0.2) is 72.9 Å². The molecule has 3 atom stereocenters. The van der Waals surface area contributed by atoms with Crippen LogP contribution >= 0.6 is 7.82 Å². The Balaban J connectivity index is 5.28. The number of carbonyl (C=O) groups is 2. The van der Waals surface area contributed by atoms with Crippen molar-refractivity contribution in [1.82, 2.24) is 5.32 Å². The molecule has 0 aromatic rings. The fraction of sp³-hybridized carbons (Fsp3) is 0.781. The van der Waals surface area contributed by atoms with E-state index in [1.807, 2.05) is 33.3 Å². The van der Waals surface area contributed by atoms with Crippen molar-refractivity contribution in [3.8, 4) is 0 Å². The summed E-state index contributed by atoms with van der Waals surface area (Å²) >= 11 is 0. The number of phosphoric acid groups is 1. The Morgan fingerprint density at radius 2 is 0.865 bits per heavy atom. The maximum atomic E-state index is 13.5. The second-order valence-corrected chi connectivity index (χ2v) is 23.4. The van der Waals surface area contributed by atoms with Crippen LogP contribution in [0.3, 0.4) is 0 Å². The SMILES string of the molecule is CCCCC/C=C\C/C=C\C/C=C\CCCCCCCCCCC(=O)OC(/C=C\CCCCCCCCCCCC)C(COP(=O)(O)OCC[N+](C)(C)C)NC(=O)CCCCCCCC/C=C/C=C/CCCCC. The van der Waals surface area contributed by atoms with Crippen LogP contribution in [-0.4, -0.2) is 74.3 Å². The Morgan fingerprint density at radius 1 is 0.486 bits per heavy atom. The van der Waals surface area contributed by atoms with Crippen molar-refractivity contribution in [1.29, 1.82) is 0 Å². The number of hydrogen-bond acceptors (Lipinski definition) is 6. The van der Waals surface area contributed by atoms with Crippen LogP contribution in [0.4, 0.5) is 0 Å². The van der Waals surface area contributed by atoms with E-state index >= 15 is 0 Å². The second-order valence-electron chi connectivity index (χ2n) is 21.9. The van der Waals surface area contributed by atoms with E-state index in [-0.39, 0.29) is 31.5 Å². The van der Waals surface area contributed by atoms with Gasteiger partial charge in [0.1, 0.15) is 19.3 Å². The number of hydrogen-bond donors (Lipinski definition) is 2. The number of ether oxygens (including phenoxy) is 1. The van der Waals surface area contributed by atoms with Crippen LogP contribution in [0, 0.1) is 0 Å². The Hall–Kier alpha value is -2.55. The number of carbonyl (C=O) groups excluding carboxylic acids is 2. The van der Waals surface area contributed by atoms with Gasteiger partial charge in [0.25, 0.3) is 0 Å². The molecule has 0 aromatic heterocycles. The molecule has 9 nitrogen and oxygen atoms in total. The van der Waals surface area contributed by atoms with Crippen molar-refractivity contribution in [2.45, 2.75) is 283 Å². The van der Waals surface area contributed by atoms with Crippen LogP contribution in [0.1, 0.15) is 271 Å². The molecule has 0 spiro atoms. The highest BCUT2D eigenvalue weighted by Gasteiger charge is 2.30. The van der Waals surface area contributed by atoms with Gasteiger partial charge in [-0.25, -0.2) is 4.57 Å². The smallest absolute Gasteiger partial charge is 0.456 e. The number of allylic oxidation sites excluding steroid dienone is 11. The molecule has 74 heavy (non-hydrogen) atoms. The molecular formula is C64H118N2O7P+. The average Bonchev–Trinajstić information content (AvgIpc) is 3.36. The Bertz CT molecular complexity index is 1500. The van der Waals surface area contributed by atoms with Gasteiger partial charge in [-0.05, 0) is 96.0 Å². The number of esters is 1. The molecule has 0 heterocycles. The second kappa shape index (κ2) is 53.8. The largest absolute Gasteiger partial charge is 0.472 e. The highest BCUT2D eigenvalue weighted by Crippen LogP contribution is 2.43. The minimum atomic E-state index is -4.45. The number of amides is 1. The molecule has 2 N–H and O–H groups in total. The predicted molar refractivity (Wildman–Crippen MR) is 318 cm³/mol. The summed E-state index contributed by atoms with van der Waals surface area (Å²) in [5, 5.41) is 3.05. The van der Waals surface area contributed by atoms with Gasteiger partial charge in [-0.15, -0.1) is 0 Å². The zero-order chi connectivity index (χ0) is 54.3. The third-order valence-electron chi connectivity index (χ3n) is 13.4. The van der Waals surface area contributed by atoms with E-state index in [9.17, 15) is 19.0 Å². The topological polar surface area (TPSA) is 111 Å². The lowest BCUT2D eigenvalue weighted by atomic mass is 10.0. The van der Waals surface area contributed by atoms with E-state index in [1.165, 1.54) is 135 Å². The lowest BCUT2D eigenvalue weighted by Gasteiger charge is -2.27. The van der Waals surface area contributed by atoms with Gasteiger partial charge in [0.15, 0.2) is 0 Å². The monoisotopic (exact) mass is 1060 g/mol. The molecule has 0 saturated heterocycles. The zero-order valence-corrected chi connectivity index (χ0v) is 50.0. The van der Waals surface area contributed by atoms with E-state index in [2.05, 4.69) is 86.8 Å². The summed E-state index contributed by atoms with van der Waals surface area (Å²) in [5.41, 5.74) is 0. The zero-order valence-electron chi connectivity index (χ0n) is 49.1. The normalized spacial score (nSPS) is 14.2. The van der Waals surface area contributed by atoms with Crippen LogP contribution in [-0.2, 0) is 27.9 Å². The van der Waals surface area contributed by atoms with Crippen LogP contribution in [0.2, 0.25) is 0 Å². The number of nitrogens with zero attached hydrogens (tertiary/aromatic N) is 1. The van der Waals surface area contributed by atoms with Crippen molar-refractivity contribution >= 4 is 19.7 Å². The van der Waals surface area contributed by atoms with E-state index in [0.29, 0.717) is 17.4 Å². The minimum absolute atomic E-state index is 0.0343. The van der Waals surface area contributed by atoms with Crippen molar-refractivity contribution in [2.75, 3.05) is 40.9 Å². The Kier molecular flexibility index (Phi) is 52.0. The van der Waals surface area contributed by atoms with Gasteiger partial charge < -0.3 is 19.4 Å². The van der Waals surface area contributed by atoms with Crippen molar-refractivity contribution < 1.29 is 37.3 Å². The summed E-state index contributed by atoms with van der Waals surface area (Å²) in [4.78, 5) is 37.7. The van der Waals surface area contributed by atoms with E-state index in [4.69, 9.17) is 13.8 Å². The maximum absolute atomic E-state index is 13.5. The quantitative estimate of drug-likeness (QED) is 0.0156. The molecule has 0 aliphatic rings. The molecule has 0 aliphatic carbocycles. The van der Waals surface area contributed by atoms with Gasteiger partial charge in [0.05, 0.1) is 33.8 Å². The first kappa shape index (κ1) is 71.5. The lowest BCUT2D eigenvalue weighted by Crippen LogP contribution is -2.47. The van der Waals surface area contributed by atoms with Gasteiger partial charge in [-0.1, -0.05) is 235 Å². The Morgan fingerprint density at radius 3 is 1.34 bits per heavy atom. The summed E-state index contributed by atoms with van der Waals surface area (Å²) in [6.45, 7) is 6.94. The third-order valence-corrected chi connectivity index (χ3v) is 14.4. The number of likely N-dealkylation sites (N-methyl/N-ethyl adjacent to an activating group) is 1. The molecule has 0 aliphatic heterocycles. The number of phosphoric ester groups is 1. The predicted octanol–water partition coefficient (Wildman–Crippen LogP) is 18.8. The summed E-state index contributed by atoms with van der Waals surface area (Å²) in [7, 11) is 1.48. The van der Waals surface area contributed by atoms with Crippen molar-refractivity contribution in [3.63, 3.8) is 0 Å². The first-order valence-corrected chi connectivity index (χ1v) is 32.3. The van der Waals surface area contributed by atoms with Gasteiger partial charge >= 0.3 is 13.8 Å². The summed E-state index contributed by atoms with van der Waals surface area (Å²) in [6, 6.07) is -0.859. The molecule has 1 amide bonds. The number of unbranched alkanes of at least 4 members (excludes halogenated alkanes) is 30. The summed E-state index contributed by atoms with van der Waals surface area (Å²) < 4.78 is 30.7. The van der Waals surface area contributed by atoms with E-state index in [0.717, 1.165) is 103 Å². The molecule has 0 rings (SSSR count). The summed E-state index contributed by atoms with van der Waals surface area (Å²) in [5.74, 6) is -0.526. The third kappa shape index (κ3) is 54.2. The molecule has 0 saturated carbocycles. The van der Waals surface area contributed by atoms with E-state index in [1.54, 1.807) is 0 Å². The van der Waals surface area contributed by atoms with Gasteiger partial charge in [0.2, 0.25) is 5.91 Å². The highest BCUT2D eigenvalue weighted by molar-refractivity contribution is 7.47. The van der Waals surface area contributed by atoms with E-state index < -0.39 is 20.0 Å².